The summed E-state index contributed by atoms with van der Waals surface area (Å²) in [4.78, 5) is 40.1. The first-order valence-electron chi connectivity index (χ1n) is 14.1. The molecule has 4 rings (SSSR count). The van der Waals surface area contributed by atoms with Crippen LogP contribution >= 0.6 is 22.6 Å². The number of aldehydes is 1. The fraction of sp³-hybridized carbons (Fsp3) is 0.452. The molecule has 0 bridgehead atoms. The molecule has 2 amide bonds. The lowest BCUT2D eigenvalue weighted by molar-refractivity contribution is -0.148. The molecule has 1 fully saturated rings. The SMILES string of the molecule is COc1ccccc1CCN(C(=O)C1CCCO1)C1CC(C(=O)NCCO)=CC(Oc2c(I)cc(C=O)cc2OC)C1O. The number of carbonyl (C=O) groups excluding carboxylic acids is 3. The van der Waals surface area contributed by atoms with Crippen molar-refractivity contribution in [2.75, 3.05) is 40.5 Å². The summed E-state index contributed by atoms with van der Waals surface area (Å²) >= 11 is 2.01. The Morgan fingerprint density at radius 3 is 2.63 bits per heavy atom. The highest BCUT2D eigenvalue weighted by atomic mass is 127. The van der Waals surface area contributed by atoms with Gasteiger partial charge in [0.2, 0.25) is 5.91 Å². The first-order chi connectivity index (χ1) is 20.8. The molecular formula is C31H37IN2O9. The molecule has 12 heteroatoms. The second-order valence-corrected chi connectivity index (χ2v) is 11.4. The molecule has 2 aromatic carbocycles. The maximum atomic E-state index is 13.9. The van der Waals surface area contributed by atoms with Crippen molar-refractivity contribution in [2.45, 2.75) is 50.0 Å². The Kier molecular flexibility index (Phi) is 11.8. The number of hydrogen-bond donors (Lipinski definition) is 3. The van der Waals surface area contributed by atoms with Crippen LogP contribution in [0.25, 0.3) is 0 Å². The molecule has 43 heavy (non-hydrogen) atoms. The van der Waals surface area contributed by atoms with Gasteiger partial charge in [0.15, 0.2) is 11.5 Å². The normalized spacial score (nSPS) is 21.5. The van der Waals surface area contributed by atoms with Crippen molar-refractivity contribution in [1.29, 1.82) is 0 Å². The molecule has 2 aliphatic rings. The van der Waals surface area contributed by atoms with E-state index in [1.54, 1.807) is 18.1 Å². The number of hydrogen-bond acceptors (Lipinski definition) is 9. The Balaban J connectivity index is 1.71. The Morgan fingerprint density at radius 2 is 1.95 bits per heavy atom. The van der Waals surface area contributed by atoms with Crippen LogP contribution in [0.1, 0.15) is 35.2 Å². The number of nitrogens with zero attached hydrogens (tertiary/aromatic N) is 1. The maximum absolute atomic E-state index is 13.9. The van der Waals surface area contributed by atoms with E-state index in [9.17, 15) is 24.6 Å². The zero-order valence-corrected chi connectivity index (χ0v) is 26.3. The number of halogens is 1. The van der Waals surface area contributed by atoms with Crippen molar-refractivity contribution in [3.63, 3.8) is 0 Å². The molecule has 0 radical (unpaired) electrons. The van der Waals surface area contributed by atoms with Gasteiger partial charge in [-0.05, 0) is 71.7 Å². The highest BCUT2D eigenvalue weighted by Gasteiger charge is 2.43. The summed E-state index contributed by atoms with van der Waals surface area (Å²) in [5.74, 6) is 0.547. The van der Waals surface area contributed by atoms with E-state index in [0.29, 0.717) is 46.2 Å². The lowest BCUT2D eigenvalue weighted by Crippen LogP contribution is -2.57. The fourth-order valence-corrected chi connectivity index (χ4v) is 6.14. The minimum atomic E-state index is -1.23. The van der Waals surface area contributed by atoms with E-state index in [2.05, 4.69) is 5.32 Å². The van der Waals surface area contributed by atoms with Crippen LogP contribution in [0.15, 0.2) is 48.0 Å². The summed E-state index contributed by atoms with van der Waals surface area (Å²) in [5.41, 5.74) is 1.58. The van der Waals surface area contributed by atoms with E-state index in [0.717, 1.165) is 12.0 Å². The molecule has 4 unspecified atom stereocenters. The zero-order valence-electron chi connectivity index (χ0n) is 24.2. The Hall–Kier alpha value is -3.20. The summed E-state index contributed by atoms with van der Waals surface area (Å²) in [5, 5.41) is 23.7. The van der Waals surface area contributed by atoms with Gasteiger partial charge in [-0.3, -0.25) is 14.4 Å². The molecule has 2 aromatic rings. The van der Waals surface area contributed by atoms with Gasteiger partial charge in [-0.1, -0.05) is 18.2 Å². The molecular weight excluding hydrogens is 671 g/mol. The fourth-order valence-electron chi connectivity index (χ4n) is 5.39. The lowest BCUT2D eigenvalue weighted by Gasteiger charge is -2.41. The van der Waals surface area contributed by atoms with Gasteiger partial charge < -0.3 is 39.4 Å². The predicted octanol–water partition coefficient (Wildman–Crippen LogP) is 2.29. The van der Waals surface area contributed by atoms with Crippen LogP contribution in [-0.4, -0.2) is 98.1 Å². The molecule has 3 N–H and O–H groups in total. The second kappa shape index (κ2) is 15.5. The minimum Gasteiger partial charge on any atom is -0.496 e. The summed E-state index contributed by atoms with van der Waals surface area (Å²) in [6.45, 7) is 0.500. The van der Waals surface area contributed by atoms with Gasteiger partial charge in [-0.15, -0.1) is 0 Å². The van der Waals surface area contributed by atoms with Crippen LogP contribution in [0.5, 0.6) is 17.2 Å². The van der Waals surface area contributed by atoms with Crippen molar-refractivity contribution < 1.29 is 43.5 Å². The van der Waals surface area contributed by atoms with E-state index < -0.39 is 30.3 Å². The number of methoxy groups -OCH3 is 2. The number of benzene rings is 2. The number of ether oxygens (including phenoxy) is 4. The van der Waals surface area contributed by atoms with E-state index in [4.69, 9.17) is 18.9 Å². The van der Waals surface area contributed by atoms with Crippen molar-refractivity contribution in [3.05, 3.63) is 62.7 Å². The Labute approximate surface area is 264 Å². The molecule has 0 spiro atoms. The Bertz CT molecular complexity index is 1330. The largest absolute Gasteiger partial charge is 0.496 e. The third kappa shape index (κ3) is 7.85. The number of amides is 2. The van der Waals surface area contributed by atoms with Gasteiger partial charge in [-0.25, -0.2) is 0 Å². The molecule has 1 aliphatic carbocycles. The van der Waals surface area contributed by atoms with Gasteiger partial charge in [0.25, 0.3) is 5.91 Å². The van der Waals surface area contributed by atoms with Crippen LogP contribution in [0.3, 0.4) is 0 Å². The van der Waals surface area contributed by atoms with Gasteiger partial charge >= 0.3 is 0 Å². The summed E-state index contributed by atoms with van der Waals surface area (Å²) in [6.07, 6.45) is 1.09. The van der Waals surface area contributed by atoms with Crippen LogP contribution in [0.2, 0.25) is 0 Å². The number of aliphatic hydroxyl groups is 2. The van der Waals surface area contributed by atoms with Gasteiger partial charge in [0.05, 0.1) is 30.4 Å². The number of para-hydroxylation sites is 1. The predicted molar refractivity (Wildman–Crippen MR) is 165 cm³/mol. The first kappa shape index (κ1) is 32.7. The molecule has 0 saturated carbocycles. The molecule has 1 aliphatic heterocycles. The van der Waals surface area contributed by atoms with E-state index in [1.807, 2.05) is 46.9 Å². The smallest absolute Gasteiger partial charge is 0.252 e. The number of carbonyl (C=O) groups is 3. The van der Waals surface area contributed by atoms with Crippen LogP contribution in [-0.2, 0) is 20.7 Å². The maximum Gasteiger partial charge on any atom is 0.252 e. The third-order valence-corrected chi connectivity index (χ3v) is 8.36. The highest BCUT2D eigenvalue weighted by molar-refractivity contribution is 14.1. The standard InChI is InChI=1S/C31H37IN2O9/c1-40-24-7-4-3-6-20(24)9-11-34(31(39)25-8-5-13-42-25)23-16-21(30(38)33-10-12-35)17-26(28(23)37)43-29-22(32)14-19(18-36)15-27(29)41-2/h3-4,6-7,14-15,17-18,23,25-26,28,35,37H,5,8-13,16H2,1-2H3,(H,33,38). The zero-order chi connectivity index (χ0) is 30.9. The first-order valence-corrected chi connectivity index (χ1v) is 15.2. The number of rotatable bonds is 13. The van der Waals surface area contributed by atoms with Crippen LogP contribution in [0.4, 0.5) is 0 Å². The molecule has 232 valence electrons. The molecule has 4 atom stereocenters. The number of aliphatic hydroxyl groups excluding tert-OH is 2. The monoisotopic (exact) mass is 708 g/mol. The quantitative estimate of drug-likeness (QED) is 0.211. The van der Waals surface area contributed by atoms with Crippen LogP contribution in [0, 0.1) is 3.57 Å². The van der Waals surface area contributed by atoms with Crippen molar-refractivity contribution in [1.82, 2.24) is 10.2 Å². The molecule has 0 aromatic heterocycles. The van der Waals surface area contributed by atoms with Crippen LogP contribution < -0.4 is 19.5 Å². The van der Waals surface area contributed by atoms with Gasteiger partial charge in [0.1, 0.15) is 30.3 Å². The molecule has 11 nitrogen and oxygen atoms in total. The average molecular weight is 709 g/mol. The lowest BCUT2D eigenvalue weighted by atomic mass is 9.87. The molecule has 1 heterocycles. The third-order valence-electron chi connectivity index (χ3n) is 7.56. The second-order valence-electron chi connectivity index (χ2n) is 10.3. The average Bonchev–Trinajstić information content (AvgIpc) is 3.57. The summed E-state index contributed by atoms with van der Waals surface area (Å²) in [7, 11) is 3.02. The number of nitrogens with one attached hydrogen (secondary N) is 1. The van der Waals surface area contributed by atoms with E-state index in [1.165, 1.54) is 19.3 Å². The highest BCUT2D eigenvalue weighted by Crippen LogP contribution is 2.37. The van der Waals surface area contributed by atoms with Gasteiger partial charge in [0, 0.05) is 37.3 Å². The van der Waals surface area contributed by atoms with E-state index in [-0.39, 0.29) is 43.5 Å². The van der Waals surface area contributed by atoms with E-state index >= 15 is 0 Å². The minimum absolute atomic E-state index is 0.0418. The summed E-state index contributed by atoms with van der Waals surface area (Å²) in [6, 6.07) is 9.83. The molecule has 1 saturated heterocycles. The Morgan fingerprint density at radius 1 is 1.19 bits per heavy atom. The topological polar surface area (TPSA) is 144 Å². The van der Waals surface area contributed by atoms with Crippen molar-refractivity contribution >= 4 is 40.7 Å². The van der Waals surface area contributed by atoms with Crippen molar-refractivity contribution in [2.24, 2.45) is 0 Å². The van der Waals surface area contributed by atoms with Gasteiger partial charge in [-0.2, -0.15) is 0 Å². The van der Waals surface area contributed by atoms with Crippen molar-refractivity contribution in [3.8, 4) is 17.2 Å². The summed E-state index contributed by atoms with van der Waals surface area (Å²) < 4.78 is 23.6.